The van der Waals surface area contributed by atoms with Crippen LogP contribution in [0, 0.1) is 18.3 Å². The average molecular weight is 244 g/mol. The van der Waals surface area contributed by atoms with Crippen LogP contribution in [0.5, 0.6) is 0 Å². The molecular formula is C17H24O. The number of Topliss-reactive ketones (excluding diaryl/α,β-unsaturated/α-hetero) is 1. The molecule has 0 unspecified atom stereocenters. The molecule has 0 N–H and O–H groups in total. The number of carbonyl (C=O) groups excluding carboxylic acids is 1. The molecule has 0 saturated heterocycles. The van der Waals surface area contributed by atoms with Crippen LogP contribution in [0.1, 0.15) is 61.9 Å². The van der Waals surface area contributed by atoms with Crippen molar-refractivity contribution in [2.75, 3.05) is 0 Å². The van der Waals surface area contributed by atoms with Crippen molar-refractivity contribution in [1.82, 2.24) is 0 Å². The number of carbonyl (C=O) groups is 1. The second-order valence-electron chi connectivity index (χ2n) is 6.23. The standard InChI is InChI=1S/C17H24O/c1-13(2)12-17(10-6-7-11-17)16(18)15-9-5-4-8-14(15)3/h4-5,8-9,13H,6-7,10-12H2,1-3H3. The zero-order chi connectivity index (χ0) is 13.2. The predicted octanol–water partition coefficient (Wildman–Crippen LogP) is 4.78. The summed E-state index contributed by atoms with van der Waals surface area (Å²) in [6, 6.07) is 8.04. The molecule has 1 saturated carbocycles. The van der Waals surface area contributed by atoms with Crippen molar-refractivity contribution < 1.29 is 4.79 Å². The van der Waals surface area contributed by atoms with E-state index in [0.717, 1.165) is 30.4 Å². The quantitative estimate of drug-likeness (QED) is 0.696. The van der Waals surface area contributed by atoms with Crippen LogP contribution < -0.4 is 0 Å². The minimum atomic E-state index is -0.0692. The predicted molar refractivity (Wildman–Crippen MR) is 75.9 cm³/mol. The zero-order valence-corrected chi connectivity index (χ0v) is 11.8. The minimum Gasteiger partial charge on any atom is -0.294 e. The first-order valence-electron chi connectivity index (χ1n) is 7.16. The second-order valence-corrected chi connectivity index (χ2v) is 6.23. The highest BCUT2D eigenvalue weighted by atomic mass is 16.1. The Morgan fingerprint density at radius 2 is 1.83 bits per heavy atom. The van der Waals surface area contributed by atoms with Crippen molar-refractivity contribution >= 4 is 5.78 Å². The highest BCUT2D eigenvalue weighted by molar-refractivity contribution is 6.01. The van der Waals surface area contributed by atoms with Gasteiger partial charge in [0.2, 0.25) is 0 Å². The maximum atomic E-state index is 12.9. The molecule has 1 aliphatic rings. The molecule has 1 aliphatic carbocycles. The summed E-state index contributed by atoms with van der Waals surface area (Å²) < 4.78 is 0. The van der Waals surface area contributed by atoms with Gasteiger partial charge in [0.1, 0.15) is 0 Å². The summed E-state index contributed by atoms with van der Waals surface area (Å²) in [6.45, 7) is 6.50. The Labute approximate surface area is 111 Å². The molecule has 98 valence electrons. The Balaban J connectivity index is 2.32. The molecule has 1 aromatic carbocycles. The Morgan fingerprint density at radius 3 is 2.39 bits per heavy atom. The molecule has 0 amide bonds. The fraction of sp³-hybridized carbons (Fsp3) is 0.588. The van der Waals surface area contributed by atoms with E-state index in [0.29, 0.717) is 11.7 Å². The smallest absolute Gasteiger partial charge is 0.169 e. The lowest BCUT2D eigenvalue weighted by Crippen LogP contribution is -2.30. The number of rotatable bonds is 4. The Kier molecular flexibility index (Phi) is 3.89. The molecule has 1 aromatic rings. The summed E-state index contributed by atoms with van der Waals surface area (Å²) in [5.41, 5.74) is 2.00. The van der Waals surface area contributed by atoms with Gasteiger partial charge in [-0.2, -0.15) is 0 Å². The normalized spacial score (nSPS) is 18.2. The van der Waals surface area contributed by atoms with Crippen LogP contribution in [0.2, 0.25) is 0 Å². The number of hydrogen-bond acceptors (Lipinski definition) is 1. The van der Waals surface area contributed by atoms with Crippen molar-refractivity contribution in [2.24, 2.45) is 11.3 Å². The van der Waals surface area contributed by atoms with Gasteiger partial charge in [0.05, 0.1) is 0 Å². The molecule has 1 fully saturated rings. The van der Waals surface area contributed by atoms with Crippen molar-refractivity contribution in [1.29, 1.82) is 0 Å². The van der Waals surface area contributed by atoms with E-state index in [4.69, 9.17) is 0 Å². The number of ketones is 1. The largest absolute Gasteiger partial charge is 0.294 e. The van der Waals surface area contributed by atoms with E-state index in [1.165, 1.54) is 12.8 Å². The van der Waals surface area contributed by atoms with Crippen molar-refractivity contribution in [3.05, 3.63) is 35.4 Å². The molecule has 1 nitrogen and oxygen atoms in total. The van der Waals surface area contributed by atoms with Crippen LogP contribution >= 0.6 is 0 Å². The molecule has 0 bridgehead atoms. The molecule has 0 heterocycles. The third-order valence-electron chi connectivity index (χ3n) is 4.23. The van der Waals surface area contributed by atoms with E-state index < -0.39 is 0 Å². The highest BCUT2D eigenvalue weighted by Gasteiger charge is 2.41. The van der Waals surface area contributed by atoms with E-state index in [1.54, 1.807) is 0 Å². The molecule has 0 radical (unpaired) electrons. The molecule has 1 heteroatoms. The minimum absolute atomic E-state index is 0.0692. The monoisotopic (exact) mass is 244 g/mol. The lowest BCUT2D eigenvalue weighted by atomic mass is 9.72. The molecule has 0 aromatic heterocycles. The Hall–Kier alpha value is -1.11. The first-order chi connectivity index (χ1) is 8.55. The maximum Gasteiger partial charge on any atom is 0.169 e. The molecule has 0 aliphatic heterocycles. The Bertz CT molecular complexity index is 425. The summed E-state index contributed by atoms with van der Waals surface area (Å²) in [7, 11) is 0. The van der Waals surface area contributed by atoms with Gasteiger partial charge < -0.3 is 0 Å². The van der Waals surface area contributed by atoms with Crippen molar-refractivity contribution in [2.45, 2.75) is 52.9 Å². The van der Waals surface area contributed by atoms with Gasteiger partial charge >= 0.3 is 0 Å². The first kappa shape index (κ1) is 13.3. The van der Waals surface area contributed by atoms with Crippen LogP contribution in [0.4, 0.5) is 0 Å². The first-order valence-corrected chi connectivity index (χ1v) is 7.16. The van der Waals surface area contributed by atoms with Crippen LogP contribution in [-0.2, 0) is 0 Å². The molecule has 0 spiro atoms. The van der Waals surface area contributed by atoms with Gasteiger partial charge in [0.25, 0.3) is 0 Å². The van der Waals surface area contributed by atoms with Crippen LogP contribution in [0.3, 0.4) is 0 Å². The van der Waals surface area contributed by atoms with Gasteiger partial charge in [-0.05, 0) is 37.7 Å². The number of benzene rings is 1. The zero-order valence-electron chi connectivity index (χ0n) is 11.8. The lowest BCUT2D eigenvalue weighted by Gasteiger charge is -2.30. The average Bonchev–Trinajstić information content (AvgIpc) is 2.77. The summed E-state index contributed by atoms with van der Waals surface area (Å²) in [4.78, 5) is 12.9. The molecular weight excluding hydrogens is 220 g/mol. The van der Waals surface area contributed by atoms with Gasteiger partial charge in [-0.3, -0.25) is 4.79 Å². The fourth-order valence-electron chi connectivity index (χ4n) is 3.47. The fourth-order valence-corrected chi connectivity index (χ4v) is 3.47. The van der Waals surface area contributed by atoms with Crippen molar-refractivity contribution in [3.63, 3.8) is 0 Å². The van der Waals surface area contributed by atoms with Gasteiger partial charge in [-0.15, -0.1) is 0 Å². The summed E-state index contributed by atoms with van der Waals surface area (Å²) in [5.74, 6) is 0.989. The summed E-state index contributed by atoms with van der Waals surface area (Å²) in [6.07, 6.45) is 5.63. The van der Waals surface area contributed by atoms with Crippen LogP contribution in [0.25, 0.3) is 0 Å². The summed E-state index contributed by atoms with van der Waals surface area (Å²) in [5, 5.41) is 0. The molecule has 18 heavy (non-hydrogen) atoms. The SMILES string of the molecule is Cc1ccccc1C(=O)C1(CC(C)C)CCCC1. The van der Waals surface area contributed by atoms with Gasteiger partial charge in [0.15, 0.2) is 5.78 Å². The van der Waals surface area contributed by atoms with Crippen molar-refractivity contribution in [3.8, 4) is 0 Å². The van der Waals surface area contributed by atoms with Crippen LogP contribution in [0.15, 0.2) is 24.3 Å². The van der Waals surface area contributed by atoms with Crippen LogP contribution in [-0.4, -0.2) is 5.78 Å². The van der Waals surface area contributed by atoms with Gasteiger partial charge in [0, 0.05) is 11.0 Å². The Morgan fingerprint density at radius 1 is 1.22 bits per heavy atom. The van der Waals surface area contributed by atoms with Gasteiger partial charge in [-0.25, -0.2) is 0 Å². The lowest BCUT2D eigenvalue weighted by molar-refractivity contribution is 0.0759. The second kappa shape index (κ2) is 5.26. The van der Waals surface area contributed by atoms with Gasteiger partial charge in [-0.1, -0.05) is 51.0 Å². The van der Waals surface area contributed by atoms with E-state index in [-0.39, 0.29) is 5.41 Å². The van der Waals surface area contributed by atoms with E-state index >= 15 is 0 Å². The summed E-state index contributed by atoms with van der Waals surface area (Å²) >= 11 is 0. The number of hydrogen-bond donors (Lipinski definition) is 0. The maximum absolute atomic E-state index is 12.9. The highest BCUT2D eigenvalue weighted by Crippen LogP contribution is 2.45. The number of aryl methyl sites for hydroxylation is 1. The third kappa shape index (κ3) is 2.50. The topological polar surface area (TPSA) is 17.1 Å². The van der Waals surface area contributed by atoms with E-state index in [2.05, 4.69) is 13.8 Å². The third-order valence-corrected chi connectivity index (χ3v) is 4.23. The molecule has 2 rings (SSSR count). The van der Waals surface area contributed by atoms with E-state index in [9.17, 15) is 4.79 Å². The molecule has 0 atom stereocenters. The van der Waals surface area contributed by atoms with E-state index in [1.807, 2.05) is 31.2 Å².